The zero-order chi connectivity index (χ0) is 31.3. The van der Waals surface area contributed by atoms with Crippen LogP contribution in [0.5, 0.6) is 11.5 Å². The number of benzene rings is 4. The van der Waals surface area contributed by atoms with Crippen LogP contribution in [0.4, 0.5) is 23.7 Å². The molecule has 1 aliphatic rings. The Hall–Kier alpha value is -4.88. The Balaban J connectivity index is 1.35. The van der Waals surface area contributed by atoms with E-state index in [1.54, 1.807) is 41.3 Å². The largest absolute Gasteiger partial charge is 0.573 e. The predicted molar refractivity (Wildman–Crippen MR) is 159 cm³/mol. The first-order valence-electron chi connectivity index (χ1n) is 13.6. The lowest BCUT2D eigenvalue weighted by Gasteiger charge is -2.20. The van der Waals surface area contributed by atoms with Crippen LogP contribution in [0.1, 0.15) is 27.8 Å². The minimum atomic E-state index is -4.75. The van der Waals surface area contributed by atoms with E-state index in [1.807, 2.05) is 37.3 Å². The van der Waals surface area contributed by atoms with Crippen molar-refractivity contribution < 1.29 is 32.2 Å². The number of amides is 1. The second-order valence-corrected chi connectivity index (χ2v) is 10.5. The van der Waals surface area contributed by atoms with Crippen LogP contribution in [0.3, 0.4) is 0 Å². The number of carbonyl (C=O) groups excluding carboxylic acids is 1. The average Bonchev–Trinajstić information content (AvgIpc) is 3.40. The van der Waals surface area contributed by atoms with E-state index in [2.05, 4.69) is 16.1 Å². The van der Waals surface area contributed by atoms with Crippen LogP contribution < -0.4 is 14.8 Å². The van der Waals surface area contributed by atoms with Crippen LogP contribution in [-0.2, 0) is 24.4 Å². The van der Waals surface area contributed by atoms with Gasteiger partial charge in [0.05, 0.1) is 35.4 Å². The molecule has 1 aliphatic heterocycles. The van der Waals surface area contributed by atoms with E-state index in [0.29, 0.717) is 47.3 Å². The van der Waals surface area contributed by atoms with Crippen molar-refractivity contribution in [3.8, 4) is 28.7 Å². The Morgan fingerprint density at radius 3 is 2.45 bits per heavy atom. The first-order valence-corrected chi connectivity index (χ1v) is 14.0. The van der Waals surface area contributed by atoms with Gasteiger partial charge in [-0.25, -0.2) is 4.79 Å². The van der Waals surface area contributed by atoms with Crippen LogP contribution >= 0.6 is 11.6 Å². The van der Waals surface area contributed by atoms with Gasteiger partial charge >= 0.3 is 12.5 Å². The summed E-state index contributed by atoms with van der Waals surface area (Å²) in [5.41, 5.74) is 6.27. The fourth-order valence-electron chi connectivity index (χ4n) is 4.81. The molecule has 0 aliphatic carbocycles. The molecule has 0 bridgehead atoms. The number of hydrogen-bond donors (Lipinski definition) is 1. The van der Waals surface area contributed by atoms with Gasteiger partial charge in [-0.15, -0.1) is 13.2 Å². The smallest absolute Gasteiger partial charge is 0.488 e. The number of ether oxygens (including phenoxy) is 3. The molecule has 1 amide bonds. The van der Waals surface area contributed by atoms with Crippen molar-refractivity contribution in [1.82, 2.24) is 4.90 Å². The second-order valence-electron chi connectivity index (χ2n) is 10.1. The molecule has 4 aromatic rings. The zero-order valence-electron chi connectivity index (χ0n) is 23.6. The maximum Gasteiger partial charge on any atom is 0.573 e. The molecule has 5 rings (SSSR count). The van der Waals surface area contributed by atoms with Crippen molar-refractivity contribution >= 4 is 23.4 Å². The Kier molecular flexibility index (Phi) is 9.16. The van der Waals surface area contributed by atoms with E-state index in [4.69, 9.17) is 26.3 Å². The molecule has 11 heteroatoms. The molecule has 7 nitrogen and oxygen atoms in total. The third-order valence-corrected chi connectivity index (χ3v) is 7.46. The van der Waals surface area contributed by atoms with Crippen molar-refractivity contribution in [2.75, 3.05) is 18.5 Å². The quantitative estimate of drug-likeness (QED) is 0.192. The summed E-state index contributed by atoms with van der Waals surface area (Å²) >= 11 is 6.69. The van der Waals surface area contributed by atoms with Gasteiger partial charge in [0.15, 0.2) is 0 Å². The maximum atomic E-state index is 12.6. The van der Waals surface area contributed by atoms with Gasteiger partial charge in [-0.2, -0.15) is 5.26 Å². The topological polar surface area (TPSA) is 83.8 Å². The SMILES string of the molecule is Cc1c(CNc2cc(OCc3ccc(C#N)cc3)c(CN3CCOC3=O)cc2Cl)cccc1-c1ccc(OC(F)(F)F)cc1. The Bertz CT molecular complexity index is 1690. The molecule has 1 saturated heterocycles. The van der Waals surface area contributed by atoms with E-state index < -0.39 is 12.5 Å². The summed E-state index contributed by atoms with van der Waals surface area (Å²) in [4.78, 5) is 13.7. The number of halogens is 4. The summed E-state index contributed by atoms with van der Waals surface area (Å²) in [6.45, 7) is 3.62. The van der Waals surface area contributed by atoms with Gasteiger partial charge in [-0.05, 0) is 65.1 Å². The van der Waals surface area contributed by atoms with Crippen molar-refractivity contribution in [1.29, 1.82) is 5.26 Å². The molecular formula is C33H27ClF3N3O4. The highest BCUT2D eigenvalue weighted by Gasteiger charge is 2.31. The average molecular weight is 622 g/mol. The standard InChI is InChI=1S/C33H27ClF3N3O4/c1-21-25(3-2-4-28(21)24-9-11-27(12-10-24)44-33(35,36)37)18-39-30-16-31(43-20-23-7-5-22(17-38)6-8-23)26(15-29(30)34)19-40-13-14-42-32(40)41/h2-12,15-16,39H,13-14,18-20H2,1H3. The Labute approximate surface area is 257 Å². The highest BCUT2D eigenvalue weighted by molar-refractivity contribution is 6.33. The number of alkyl halides is 3. The lowest BCUT2D eigenvalue weighted by Crippen LogP contribution is -2.24. The van der Waals surface area contributed by atoms with Gasteiger partial charge in [0.25, 0.3) is 0 Å². The van der Waals surface area contributed by atoms with Crippen LogP contribution in [0, 0.1) is 18.3 Å². The number of nitriles is 1. The minimum absolute atomic E-state index is 0.234. The molecule has 0 unspecified atom stereocenters. The third-order valence-electron chi connectivity index (χ3n) is 7.15. The monoisotopic (exact) mass is 621 g/mol. The zero-order valence-corrected chi connectivity index (χ0v) is 24.3. The van der Waals surface area contributed by atoms with Crippen LogP contribution in [-0.4, -0.2) is 30.5 Å². The van der Waals surface area contributed by atoms with Crippen molar-refractivity contribution in [2.24, 2.45) is 0 Å². The highest BCUT2D eigenvalue weighted by Crippen LogP contribution is 2.34. The van der Waals surface area contributed by atoms with E-state index in [9.17, 15) is 18.0 Å². The molecule has 226 valence electrons. The number of nitrogens with one attached hydrogen (secondary N) is 1. The maximum absolute atomic E-state index is 12.6. The number of cyclic esters (lactones) is 1. The molecule has 1 N–H and O–H groups in total. The van der Waals surface area contributed by atoms with Gasteiger partial charge in [0.2, 0.25) is 0 Å². The van der Waals surface area contributed by atoms with E-state index in [1.165, 1.54) is 12.1 Å². The van der Waals surface area contributed by atoms with Gasteiger partial charge in [0, 0.05) is 18.2 Å². The molecule has 0 radical (unpaired) electrons. The summed E-state index contributed by atoms with van der Waals surface area (Å²) in [5.74, 6) is 0.251. The van der Waals surface area contributed by atoms with Gasteiger partial charge in [0.1, 0.15) is 24.7 Å². The van der Waals surface area contributed by atoms with E-state index in [-0.39, 0.29) is 18.9 Å². The van der Waals surface area contributed by atoms with Crippen molar-refractivity contribution in [3.05, 3.63) is 112 Å². The van der Waals surface area contributed by atoms with Crippen LogP contribution in [0.2, 0.25) is 5.02 Å². The summed E-state index contributed by atoms with van der Waals surface area (Å²) in [5, 5.41) is 12.9. The molecule has 1 fully saturated rings. The number of anilines is 1. The first kappa shape index (κ1) is 30.6. The normalized spacial score (nSPS) is 12.9. The number of rotatable bonds is 10. The highest BCUT2D eigenvalue weighted by atomic mass is 35.5. The molecule has 1 heterocycles. The molecule has 0 aromatic heterocycles. The Morgan fingerprint density at radius 1 is 1.05 bits per heavy atom. The minimum Gasteiger partial charge on any atom is -0.488 e. The van der Waals surface area contributed by atoms with Crippen LogP contribution in [0.25, 0.3) is 11.1 Å². The summed E-state index contributed by atoms with van der Waals surface area (Å²) < 4.78 is 52.9. The van der Waals surface area contributed by atoms with Crippen LogP contribution in [0.15, 0.2) is 78.9 Å². The Morgan fingerprint density at radius 2 is 1.80 bits per heavy atom. The molecular weight excluding hydrogens is 595 g/mol. The lowest BCUT2D eigenvalue weighted by atomic mass is 9.96. The van der Waals surface area contributed by atoms with Gasteiger partial charge in [-0.1, -0.05) is 54.1 Å². The van der Waals surface area contributed by atoms with Crippen molar-refractivity contribution in [2.45, 2.75) is 33.0 Å². The molecule has 0 atom stereocenters. The molecule has 4 aromatic carbocycles. The fourth-order valence-corrected chi connectivity index (χ4v) is 5.07. The van der Waals surface area contributed by atoms with E-state index >= 15 is 0 Å². The summed E-state index contributed by atoms with van der Waals surface area (Å²) in [6, 6.07) is 24.2. The molecule has 0 saturated carbocycles. The number of carbonyl (C=O) groups is 1. The molecule has 0 spiro atoms. The summed E-state index contributed by atoms with van der Waals surface area (Å²) in [6.07, 6.45) is -5.16. The second kappa shape index (κ2) is 13.2. The number of hydrogen-bond acceptors (Lipinski definition) is 6. The summed E-state index contributed by atoms with van der Waals surface area (Å²) in [7, 11) is 0. The van der Waals surface area contributed by atoms with Gasteiger partial charge in [-0.3, -0.25) is 0 Å². The fraction of sp³-hybridized carbons (Fsp3) is 0.212. The predicted octanol–water partition coefficient (Wildman–Crippen LogP) is 8.23. The first-order chi connectivity index (χ1) is 21.1. The number of nitrogens with zero attached hydrogens (tertiary/aromatic N) is 2. The lowest BCUT2D eigenvalue weighted by molar-refractivity contribution is -0.274. The van der Waals surface area contributed by atoms with E-state index in [0.717, 1.165) is 27.8 Å². The van der Waals surface area contributed by atoms with Crippen molar-refractivity contribution in [3.63, 3.8) is 0 Å². The molecule has 44 heavy (non-hydrogen) atoms. The third kappa shape index (κ3) is 7.54. The van der Waals surface area contributed by atoms with Gasteiger partial charge < -0.3 is 24.4 Å².